The van der Waals surface area contributed by atoms with E-state index in [4.69, 9.17) is 5.73 Å². The fraction of sp³-hybridized carbons (Fsp3) is 0.462. The highest BCUT2D eigenvalue weighted by atomic mass is 79.9. The Bertz CT molecular complexity index is 462. The number of nitrogens with two attached hydrogens (primary N) is 1. The van der Waals surface area contributed by atoms with Crippen molar-refractivity contribution >= 4 is 33.6 Å². The van der Waals surface area contributed by atoms with E-state index >= 15 is 0 Å². The van der Waals surface area contributed by atoms with E-state index in [0.29, 0.717) is 18.7 Å². The van der Waals surface area contributed by atoms with Gasteiger partial charge in [0, 0.05) is 30.2 Å². The number of likely N-dealkylation sites (N-methyl/N-ethyl adjacent to an activating group) is 1. The van der Waals surface area contributed by atoms with Crippen molar-refractivity contribution in [2.75, 3.05) is 18.9 Å². The van der Waals surface area contributed by atoms with Crippen LogP contribution < -0.4 is 11.1 Å². The van der Waals surface area contributed by atoms with E-state index in [1.165, 1.54) is 4.90 Å². The van der Waals surface area contributed by atoms with Gasteiger partial charge in [0.05, 0.1) is 6.54 Å². The molecule has 0 radical (unpaired) electrons. The molecule has 0 aliphatic heterocycles. The third-order valence-electron chi connectivity index (χ3n) is 2.61. The van der Waals surface area contributed by atoms with Gasteiger partial charge in [-0.15, -0.1) is 0 Å². The van der Waals surface area contributed by atoms with Crippen molar-refractivity contribution < 1.29 is 9.59 Å². The lowest BCUT2D eigenvalue weighted by Crippen LogP contribution is -2.35. The summed E-state index contributed by atoms with van der Waals surface area (Å²) in [5.74, 6) is 0.0762. The Balaban J connectivity index is 2.41. The van der Waals surface area contributed by atoms with E-state index in [1.807, 2.05) is 6.92 Å². The van der Waals surface area contributed by atoms with Gasteiger partial charge in [0.25, 0.3) is 0 Å². The van der Waals surface area contributed by atoms with Crippen LogP contribution in [0.25, 0.3) is 0 Å². The van der Waals surface area contributed by atoms with Crippen molar-refractivity contribution in [1.82, 2.24) is 9.88 Å². The third-order valence-corrected chi connectivity index (χ3v) is 3.08. The summed E-state index contributed by atoms with van der Waals surface area (Å²) in [5.41, 5.74) is 5.59. The zero-order chi connectivity index (χ0) is 15.1. The van der Waals surface area contributed by atoms with Gasteiger partial charge in [0.1, 0.15) is 5.82 Å². The summed E-state index contributed by atoms with van der Waals surface area (Å²) in [5, 5.41) is 2.63. The summed E-state index contributed by atoms with van der Waals surface area (Å²) in [4.78, 5) is 28.9. The van der Waals surface area contributed by atoms with Crippen LogP contribution in [0.4, 0.5) is 5.82 Å². The molecule has 1 aromatic heterocycles. The molecule has 0 spiro atoms. The molecular formula is C13H19BrN4O2. The maximum absolute atomic E-state index is 11.8. The van der Waals surface area contributed by atoms with Crippen molar-refractivity contribution in [2.24, 2.45) is 5.73 Å². The van der Waals surface area contributed by atoms with Crippen LogP contribution in [0.3, 0.4) is 0 Å². The zero-order valence-electron chi connectivity index (χ0n) is 11.6. The number of nitrogens with one attached hydrogen (secondary N) is 1. The summed E-state index contributed by atoms with van der Waals surface area (Å²) in [6.07, 6.45) is 2.55. The highest BCUT2D eigenvalue weighted by Crippen LogP contribution is 2.10. The molecule has 1 rings (SSSR count). The number of anilines is 1. The van der Waals surface area contributed by atoms with Crippen LogP contribution in [0.5, 0.6) is 0 Å². The van der Waals surface area contributed by atoms with Gasteiger partial charge >= 0.3 is 0 Å². The number of hydrogen-bond acceptors (Lipinski definition) is 4. The smallest absolute Gasteiger partial charge is 0.245 e. The molecular weight excluding hydrogens is 324 g/mol. The first-order chi connectivity index (χ1) is 9.38. The van der Waals surface area contributed by atoms with E-state index < -0.39 is 0 Å². The van der Waals surface area contributed by atoms with Gasteiger partial charge in [-0.3, -0.25) is 9.59 Å². The number of nitrogens with zero attached hydrogens (tertiary/aromatic N) is 2. The number of hydrogen-bond donors (Lipinski definition) is 2. The van der Waals surface area contributed by atoms with Gasteiger partial charge in [0.15, 0.2) is 0 Å². The van der Waals surface area contributed by atoms with Crippen LogP contribution in [0, 0.1) is 0 Å². The van der Waals surface area contributed by atoms with E-state index in [9.17, 15) is 9.59 Å². The quantitative estimate of drug-likeness (QED) is 0.817. The molecule has 110 valence electrons. The lowest BCUT2D eigenvalue weighted by molar-refractivity contribution is -0.133. The van der Waals surface area contributed by atoms with Gasteiger partial charge in [-0.1, -0.05) is 0 Å². The van der Waals surface area contributed by atoms with Crippen LogP contribution in [0.2, 0.25) is 0 Å². The topological polar surface area (TPSA) is 88.3 Å². The Kier molecular flexibility index (Phi) is 6.60. The standard InChI is InChI=1S/C13H19BrN4O2/c1-9(15)3-6-13(20)18(2)8-12(19)17-11-5-4-10(14)7-16-11/h4-5,7,9H,3,6,8,15H2,1-2H3,(H,16,17,19). The minimum atomic E-state index is -0.281. The molecule has 0 fully saturated rings. The number of aromatic nitrogens is 1. The number of pyridine rings is 1. The SMILES string of the molecule is CC(N)CCC(=O)N(C)CC(=O)Nc1ccc(Br)cn1. The maximum atomic E-state index is 11.8. The Morgan fingerprint density at radius 1 is 1.50 bits per heavy atom. The van der Waals surface area contributed by atoms with E-state index in [2.05, 4.69) is 26.2 Å². The largest absolute Gasteiger partial charge is 0.336 e. The Morgan fingerprint density at radius 3 is 2.75 bits per heavy atom. The normalized spacial score (nSPS) is 11.8. The van der Waals surface area contributed by atoms with Crippen LogP contribution in [-0.4, -0.2) is 41.3 Å². The van der Waals surface area contributed by atoms with Gasteiger partial charge in [0.2, 0.25) is 11.8 Å². The van der Waals surface area contributed by atoms with Crippen molar-refractivity contribution in [3.05, 3.63) is 22.8 Å². The first kappa shape index (κ1) is 16.6. The van der Waals surface area contributed by atoms with Crippen molar-refractivity contribution in [3.63, 3.8) is 0 Å². The van der Waals surface area contributed by atoms with Crippen LogP contribution in [0.15, 0.2) is 22.8 Å². The summed E-state index contributed by atoms with van der Waals surface area (Å²) in [6, 6.07) is 3.44. The Hall–Kier alpha value is -1.47. The van der Waals surface area contributed by atoms with Gasteiger partial charge in [-0.05, 0) is 41.4 Å². The molecule has 6 nitrogen and oxygen atoms in total. The molecule has 0 aromatic carbocycles. The number of amides is 2. The fourth-order valence-corrected chi connectivity index (χ4v) is 1.71. The van der Waals surface area contributed by atoms with Crippen molar-refractivity contribution in [3.8, 4) is 0 Å². The molecule has 1 unspecified atom stereocenters. The lowest BCUT2D eigenvalue weighted by atomic mass is 10.2. The summed E-state index contributed by atoms with van der Waals surface area (Å²) in [7, 11) is 1.60. The predicted octanol–water partition coefficient (Wildman–Crippen LogP) is 1.37. The van der Waals surface area contributed by atoms with E-state index in [1.54, 1.807) is 25.4 Å². The predicted molar refractivity (Wildman–Crippen MR) is 81.1 cm³/mol. The fourth-order valence-electron chi connectivity index (χ4n) is 1.48. The highest BCUT2D eigenvalue weighted by molar-refractivity contribution is 9.10. The number of carbonyl (C=O) groups is 2. The van der Waals surface area contributed by atoms with Gasteiger partial charge < -0.3 is 16.0 Å². The zero-order valence-corrected chi connectivity index (χ0v) is 13.2. The highest BCUT2D eigenvalue weighted by Gasteiger charge is 2.13. The number of halogens is 1. The van der Waals surface area contributed by atoms with E-state index in [0.717, 1.165) is 4.47 Å². The van der Waals surface area contributed by atoms with Crippen molar-refractivity contribution in [1.29, 1.82) is 0 Å². The summed E-state index contributed by atoms with van der Waals surface area (Å²) in [6.45, 7) is 1.84. The second kappa shape index (κ2) is 7.96. The van der Waals surface area contributed by atoms with Crippen LogP contribution in [0.1, 0.15) is 19.8 Å². The first-order valence-corrected chi connectivity index (χ1v) is 7.08. The average molecular weight is 343 g/mol. The Morgan fingerprint density at radius 2 is 2.20 bits per heavy atom. The monoisotopic (exact) mass is 342 g/mol. The molecule has 0 bridgehead atoms. The minimum Gasteiger partial charge on any atom is -0.336 e. The number of rotatable bonds is 6. The van der Waals surface area contributed by atoms with Crippen LogP contribution in [-0.2, 0) is 9.59 Å². The second-order valence-electron chi connectivity index (χ2n) is 4.68. The van der Waals surface area contributed by atoms with Crippen LogP contribution >= 0.6 is 15.9 Å². The van der Waals surface area contributed by atoms with Crippen molar-refractivity contribution in [2.45, 2.75) is 25.8 Å². The molecule has 1 heterocycles. The average Bonchev–Trinajstić information content (AvgIpc) is 2.38. The molecule has 0 aliphatic carbocycles. The molecule has 3 N–H and O–H groups in total. The third kappa shape index (κ3) is 6.12. The summed E-state index contributed by atoms with van der Waals surface area (Å²) >= 11 is 3.26. The summed E-state index contributed by atoms with van der Waals surface area (Å²) < 4.78 is 0.832. The van der Waals surface area contributed by atoms with E-state index in [-0.39, 0.29) is 24.4 Å². The minimum absolute atomic E-state index is 0.00443. The second-order valence-corrected chi connectivity index (χ2v) is 5.59. The lowest BCUT2D eigenvalue weighted by Gasteiger charge is -2.17. The molecule has 0 aliphatic rings. The van der Waals surface area contributed by atoms with Gasteiger partial charge in [-0.25, -0.2) is 4.98 Å². The first-order valence-electron chi connectivity index (χ1n) is 6.29. The molecule has 0 saturated heterocycles. The van der Waals surface area contributed by atoms with Gasteiger partial charge in [-0.2, -0.15) is 0 Å². The Labute approximate surface area is 126 Å². The molecule has 20 heavy (non-hydrogen) atoms. The molecule has 0 saturated carbocycles. The molecule has 2 amide bonds. The maximum Gasteiger partial charge on any atom is 0.245 e. The molecule has 1 aromatic rings. The molecule has 7 heteroatoms. The molecule has 1 atom stereocenters. The number of carbonyl (C=O) groups excluding carboxylic acids is 2.